The number of nitrogens with one attached hydrogen (secondary N) is 1. The van der Waals surface area contributed by atoms with E-state index in [-0.39, 0.29) is 23.9 Å². The van der Waals surface area contributed by atoms with Crippen molar-refractivity contribution in [2.24, 2.45) is 4.36 Å². The molecule has 2 N–H and O–H groups in total. The lowest BCUT2D eigenvalue weighted by Gasteiger charge is -2.42. The van der Waals surface area contributed by atoms with Gasteiger partial charge in [-0.1, -0.05) is 36.4 Å². The fraction of sp³-hybridized carbons (Fsp3) is 0.296. The highest BCUT2D eigenvalue weighted by atomic mass is 32.2. The summed E-state index contributed by atoms with van der Waals surface area (Å²) in [6.45, 7) is 1.72. The summed E-state index contributed by atoms with van der Waals surface area (Å²) in [4.78, 5) is 14.2. The number of fused-ring (bicyclic) bond motifs is 3. The number of alkyl halides is 3. The van der Waals surface area contributed by atoms with Gasteiger partial charge in [0.05, 0.1) is 23.1 Å². The summed E-state index contributed by atoms with van der Waals surface area (Å²) in [6.07, 6.45) is -5.95. The third-order valence-corrected chi connectivity index (χ3v) is 9.02. The van der Waals surface area contributed by atoms with Gasteiger partial charge in [0.2, 0.25) is 5.91 Å². The third kappa shape index (κ3) is 5.19. The van der Waals surface area contributed by atoms with Crippen LogP contribution < -0.4 is 9.46 Å². The number of amides is 1. The van der Waals surface area contributed by atoms with E-state index in [2.05, 4.69) is 13.8 Å². The van der Waals surface area contributed by atoms with E-state index in [1.807, 2.05) is 53.1 Å². The Balaban J connectivity index is 1.53. The number of rotatable bonds is 5. The smallest absolute Gasteiger partial charge is 0.406 e. The van der Waals surface area contributed by atoms with Crippen LogP contribution in [0.2, 0.25) is 0 Å². The van der Waals surface area contributed by atoms with E-state index < -0.39 is 40.2 Å². The van der Waals surface area contributed by atoms with Gasteiger partial charge in [0.25, 0.3) is 0 Å². The Morgan fingerprint density at radius 3 is 2.08 bits per heavy atom. The van der Waals surface area contributed by atoms with Crippen molar-refractivity contribution in [3.63, 3.8) is 0 Å². The standard InChI is InChI=1S/C27H27F3N4O4S/c1-17(35)33-15-22(32-39(37,31-2)19-13-11-18(12-14-19)38-27(28,29)30)26(36)25(16-33)34-23-9-5-3-7-20(23)21-8-4-6-10-24(21)34/h3-14,22,25-26,36H,15-16H2,1-2H3,(H,31,32,37). The number of ether oxygens (including phenoxy) is 1. The number of carbonyl (C=O) groups excluding carboxylic acids is 1. The van der Waals surface area contributed by atoms with E-state index >= 15 is 0 Å². The Morgan fingerprint density at radius 2 is 1.56 bits per heavy atom. The van der Waals surface area contributed by atoms with Gasteiger partial charge in [-0.15, -0.1) is 13.2 Å². The zero-order chi connectivity index (χ0) is 27.9. The molecule has 4 atom stereocenters. The molecular formula is C27H27F3N4O4S. The number of aliphatic hydroxyl groups excluding tert-OH is 1. The molecule has 0 bridgehead atoms. The number of halogens is 3. The third-order valence-electron chi connectivity index (χ3n) is 6.97. The van der Waals surface area contributed by atoms with Gasteiger partial charge >= 0.3 is 6.36 Å². The van der Waals surface area contributed by atoms with Crippen molar-refractivity contribution < 1.29 is 32.0 Å². The number of piperidine rings is 1. The van der Waals surface area contributed by atoms with E-state index in [1.165, 1.54) is 26.1 Å². The van der Waals surface area contributed by atoms with Crippen LogP contribution in [0.1, 0.15) is 13.0 Å². The average Bonchev–Trinajstić information content (AvgIpc) is 3.23. The first kappa shape index (κ1) is 27.0. The van der Waals surface area contributed by atoms with E-state index in [9.17, 15) is 27.3 Å². The molecular weight excluding hydrogens is 533 g/mol. The van der Waals surface area contributed by atoms with Crippen LogP contribution in [0.4, 0.5) is 13.2 Å². The maximum absolute atomic E-state index is 13.9. The summed E-state index contributed by atoms with van der Waals surface area (Å²) in [5.41, 5.74) is 1.76. The Labute approximate surface area is 223 Å². The SMILES string of the molecule is CN=S(=O)(NC1CN(C(C)=O)CC(n2c3ccccc3c3ccccc32)C1O)c1ccc(OC(F)(F)F)cc1. The average molecular weight is 561 g/mol. The molecule has 3 aromatic carbocycles. The summed E-state index contributed by atoms with van der Waals surface area (Å²) in [5.74, 6) is -0.677. The van der Waals surface area contributed by atoms with Crippen molar-refractivity contribution in [1.82, 2.24) is 14.2 Å². The van der Waals surface area contributed by atoms with Crippen molar-refractivity contribution >= 4 is 37.6 Å². The van der Waals surface area contributed by atoms with Crippen LogP contribution in [-0.2, 0) is 14.7 Å². The molecule has 206 valence electrons. The summed E-state index contributed by atoms with van der Waals surface area (Å²) < 4.78 is 64.5. The van der Waals surface area contributed by atoms with Crippen LogP contribution in [0.5, 0.6) is 5.75 Å². The highest BCUT2D eigenvalue weighted by Crippen LogP contribution is 2.35. The van der Waals surface area contributed by atoms with Gasteiger partial charge in [0.1, 0.15) is 15.7 Å². The van der Waals surface area contributed by atoms with Crippen molar-refractivity contribution in [1.29, 1.82) is 0 Å². The molecule has 8 nitrogen and oxygen atoms in total. The summed E-state index contributed by atoms with van der Waals surface area (Å²) >= 11 is 0. The fourth-order valence-corrected chi connectivity index (χ4v) is 6.77. The monoisotopic (exact) mass is 560 g/mol. The van der Waals surface area contributed by atoms with Crippen molar-refractivity contribution in [3.05, 3.63) is 72.8 Å². The molecule has 12 heteroatoms. The molecule has 1 aliphatic rings. The number of aliphatic hydroxyl groups is 1. The van der Waals surface area contributed by atoms with Gasteiger partial charge in [0.15, 0.2) is 0 Å². The number of carbonyl (C=O) groups is 1. The normalized spacial score (nSPS) is 21.6. The first-order valence-electron chi connectivity index (χ1n) is 12.2. The predicted molar refractivity (Wildman–Crippen MR) is 142 cm³/mol. The molecule has 5 rings (SSSR count). The van der Waals surface area contributed by atoms with Gasteiger partial charge in [-0.3, -0.25) is 4.79 Å². The van der Waals surface area contributed by atoms with Crippen LogP contribution in [-0.4, -0.2) is 63.3 Å². The molecule has 1 amide bonds. The molecule has 0 spiro atoms. The topological polar surface area (TPSA) is 96.2 Å². The molecule has 0 radical (unpaired) electrons. The molecule has 39 heavy (non-hydrogen) atoms. The lowest BCUT2D eigenvalue weighted by molar-refractivity contribution is -0.274. The molecule has 0 aliphatic carbocycles. The molecule has 4 aromatic rings. The van der Waals surface area contributed by atoms with Crippen molar-refractivity contribution in [2.45, 2.75) is 36.4 Å². The summed E-state index contributed by atoms with van der Waals surface area (Å²) in [5, 5.41) is 13.7. The molecule has 2 heterocycles. The zero-order valence-electron chi connectivity index (χ0n) is 21.1. The maximum atomic E-state index is 13.9. The van der Waals surface area contributed by atoms with E-state index in [0.29, 0.717) is 0 Å². The molecule has 1 aliphatic heterocycles. The zero-order valence-corrected chi connectivity index (χ0v) is 21.9. The number of nitrogens with zero attached hydrogens (tertiary/aromatic N) is 3. The van der Waals surface area contributed by atoms with Crippen LogP contribution in [0.3, 0.4) is 0 Å². The number of para-hydroxylation sites is 2. The quantitative estimate of drug-likeness (QED) is 0.376. The first-order chi connectivity index (χ1) is 18.5. The molecule has 0 saturated carbocycles. The summed E-state index contributed by atoms with van der Waals surface area (Å²) in [7, 11) is -2.08. The van der Waals surface area contributed by atoms with E-state index in [4.69, 9.17) is 0 Å². The highest BCUT2D eigenvalue weighted by Gasteiger charge is 2.40. The minimum Gasteiger partial charge on any atom is -0.406 e. The minimum absolute atomic E-state index is 0.0614. The van der Waals surface area contributed by atoms with Gasteiger partial charge in [-0.05, 0) is 36.4 Å². The largest absolute Gasteiger partial charge is 0.573 e. The molecule has 1 aromatic heterocycles. The predicted octanol–water partition coefficient (Wildman–Crippen LogP) is 4.49. The van der Waals surface area contributed by atoms with Crippen LogP contribution >= 0.6 is 0 Å². The Morgan fingerprint density at radius 1 is 1.00 bits per heavy atom. The summed E-state index contributed by atoms with van der Waals surface area (Å²) in [6, 6.07) is 18.7. The second-order valence-electron chi connectivity index (χ2n) is 9.34. The number of hydrogen-bond donors (Lipinski definition) is 2. The molecule has 1 fully saturated rings. The number of hydrogen-bond acceptors (Lipinski definition) is 5. The minimum atomic E-state index is -4.86. The van der Waals surface area contributed by atoms with E-state index in [0.717, 1.165) is 33.9 Å². The Hall–Kier alpha value is -3.61. The van der Waals surface area contributed by atoms with Crippen LogP contribution in [0.15, 0.2) is 82.1 Å². The van der Waals surface area contributed by atoms with E-state index in [1.54, 1.807) is 4.90 Å². The van der Waals surface area contributed by atoms with Gasteiger partial charge in [-0.25, -0.2) is 13.3 Å². The van der Waals surface area contributed by atoms with Crippen LogP contribution in [0, 0.1) is 0 Å². The molecule has 1 saturated heterocycles. The second-order valence-corrected chi connectivity index (χ2v) is 11.5. The molecule has 4 unspecified atom stereocenters. The first-order valence-corrected chi connectivity index (χ1v) is 13.7. The lowest BCUT2D eigenvalue weighted by Crippen LogP contribution is -2.60. The Bertz CT molecular complexity index is 1590. The number of likely N-dealkylation sites (tertiary alicyclic amines) is 1. The van der Waals surface area contributed by atoms with Crippen LogP contribution in [0.25, 0.3) is 21.8 Å². The van der Waals surface area contributed by atoms with Crippen molar-refractivity contribution in [2.75, 3.05) is 20.1 Å². The van der Waals surface area contributed by atoms with Gasteiger partial charge in [0, 0.05) is 48.9 Å². The second kappa shape index (κ2) is 10.2. The lowest BCUT2D eigenvalue weighted by atomic mass is 9.97. The van der Waals surface area contributed by atoms with Gasteiger partial charge in [-0.2, -0.15) is 0 Å². The highest BCUT2D eigenvalue weighted by molar-refractivity contribution is 7.91. The number of benzene rings is 3. The van der Waals surface area contributed by atoms with Gasteiger partial charge < -0.3 is 19.3 Å². The number of aromatic nitrogens is 1. The Kier molecular flexibility index (Phi) is 7.04. The maximum Gasteiger partial charge on any atom is 0.573 e. The van der Waals surface area contributed by atoms with Crippen molar-refractivity contribution in [3.8, 4) is 5.75 Å². The fourth-order valence-electron chi connectivity index (χ4n) is 5.19.